The minimum absolute atomic E-state index is 0.0385. The van der Waals surface area contributed by atoms with Crippen molar-refractivity contribution in [1.29, 1.82) is 0 Å². The number of aromatic carboxylic acids is 1. The molecule has 1 aromatic heterocycles. The van der Waals surface area contributed by atoms with Crippen molar-refractivity contribution < 1.29 is 24.2 Å². The first-order valence-electron chi connectivity index (χ1n) is 6.07. The van der Waals surface area contributed by atoms with Gasteiger partial charge in [-0.2, -0.15) is 5.10 Å². The molecule has 2 aromatic rings. The van der Waals surface area contributed by atoms with Gasteiger partial charge in [-0.05, 0) is 17.7 Å². The molecule has 0 radical (unpaired) electrons. The molecule has 0 aliphatic heterocycles. The Morgan fingerprint density at radius 3 is 2.43 bits per heavy atom. The van der Waals surface area contributed by atoms with Crippen molar-refractivity contribution >= 4 is 11.9 Å². The quantitative estimate of drug-likeness (QED) is 0.838. The molecule has 7 heteroatoms. The highest BCUT2D eigenvalue weighted by Gasteiger charge is 2.19. The molecule has 1 N–H and O–H groups in total. The van der Waals surface area contributed by atoms with Crippen LogP contribution in [-0.2, 0) is 11.3 Å². The fourth-order valence-electron chi connectivity index (χ4n) is 1.82. The minimum Gasteiger partial charge on any atom is -0.497 e. The van der Waals surface area contributed by atoms with Crippen LogP contribution >= 0.6 is 0 Å². The largest absolute Gasteiger partial charge is 0.497 e. The molecule has 0 bridgehead atoms. The van der Waals surface area contributed by atoms with Gasteiger partial charge in [-0.25, -0.2) is 9.59 Å². The van der Waals surface area contributed by atoms with Crippen LogP contribution in [0, 0.1) is 0 Å². The van der Waals surface area contributed by atoms with Crippen molar-refractivity contribution in [2.24, 2.45) is 0 Å². The minimum atomic E-state index is -1.16. The number of carbonyl (C=O) groups is 2. The Bertz CT molecular complexity index is 661. The predicted octanol–water partition coefficient (Wildman–Crippen LogP) is 1.42. The molecule has 0 amide bonds. The van der Waals surface area contributed by atoms with E-state index < -0.39 is 11.9 Å². The van der Waals surface area contributed by atoms with Gasteiger partial charge in [-0.3, -0.25) is 4.68 Å². The first-order chi connectivity index (χ1) is 10.0. The number of carbonyl (C=O) groups excluding carboxylic acids is 1. The van der Waals surface area contributed by atoms with Crippen LogP contribution in [-0.4, -0.2) is 41.0 Å². The maximum atomic E-state index is 11.4. The van der Waals surface area contributed by atoms with Gasteiger partial charge in [-0.1, -0.05) is 12.1 Å². The van der Waals surface area contributed by atoms with Crippen LogP contribution in [0.1, 0.15) is 26.5 Å². The Hall–Kier alpha value is -2.83. The van der Waals surface area contributed by atoms with Crippen molar-refractivity contribution in [3.8, 4) is 5.75 Å². The average molecular weight is 290 g/mol. The number of rotatable bonds is 5. The Morgan fingerprint density at radius 2 is 1.90 bits per heavy atom. The Morgan fingerprint density at radius 1 is 1.24 bits per heavy atom. The third kappa shape index (κ3) is 3.19. The molecule has 0 spiro atoms. The van der Waals surface area contributed by atoms with Crippen LogP contribution in [0.2, 0.25) is 0 Å². The van der Waals surface area contributed by atoms with E-state index in [2.05, 4.69) is 9.84 Å². The summed E-state index contributed by atoms with van der Waals surface area (Å²) < 4.78 is 10.8. The summed E-state index contributed by atoms with van der Waals surface area (Å²) in [5.41, 5.74) is 0.715. The van der Waals surface area contributed by atoms with Gasteiger partial charge < -0.3 is 14.6 Å². The number of hydrogen-bond acceptors (Lipinski definition) is 5. The number of methoxy groups -OCH3 is 2. The van der Waals surface area contributed by atoms with E-state index in [9.17, 15) is 9.59 Å². The zero-order valence-electron chi connectivity index (χ0n) is 11.6. The Balaban J connectivity index is 2.30. The lowest BCUT2D eigenvalue weighted by molar-refractivity contribution is 0.0592. The fraction of sp³-hybridized carbons (Fsp3) is 0.214. The molecule has 1 heterocycles. The van der Waals surface area contributed by atoms with E-state index >= 15 is 0 Å². The second-order valence-corrected chi connectivity index (χ2v) is 4.22. The summed E-state index contributed by atoms with van der Waals surface area (Å²) in [5.74, 6) is -1.13. The number of nitrogens with zero attached hydrogens (tertiary/aromatic N) is 2. The number of aromatic nitrogens is 2. The zero-order valence-corrected chi connectivity index (χ0v) is 11.6. The SMILES string of the molecule is COC(=O)c1cc(C(=O)O)n(Cc2ccc(OC)cc2)n1. The number of benzene rings is 1. The van der Waals surface area contributed by atoms with E-state index in [-0.39, 0.29) is 17.9 Å². The molecule has 0 atom stereocenters. The summed E-state index contributed by atoms with van der Waals surface area (Å²) in [5, 5.41) is 13.1. The van der Waals surface area contributed by atoms with Crippen molar-refractivity contribution in [2.75, 3.05) is 14.2 Å². The van der Waals surface area contributed by atoms with Crippen molar-refractivity contribution in [3.05, 3.63) is 47.3 Å². The zero-order chi connectivity index (χ0) is 15.4. The fourth-order valence-corrected chi connectivity index (χ4v) is 1.82. The van der Waals surface area contributed by atoms with Gasteiger partial charge >= 0.3 is 11.9 Å². The van der Waals surface area contributed by atoms with E-state index in [4.69, 9.17) is 9.84 Å². The molecule has 0 unspecified atom stereocenters. The van der Waals surface area contributed by atoms with Crippen LogP contribution in [0.5, 0.6) is 5.75 Å². The van der Waals surface area contributed by atoms with E-state index in [0.717, 1.165) is 5.56 Å². The van der Waals surface area contributed by atoms with Crippen LogP contribution in [0.25, 0.3) is 0 Å². The highest BCUT2D eigenvalue weighted by Crippen LogP contribution is 2.14. The third-order valence-electron chi connectivity index (χ3n) is 2.89. The first-order valence-corrected chi connectivity index (χ1v) is 6.07. The second-order valence-electron chi connectivity index (χ2n) is 4.22. The normalized spacial score (nSPS) is 10.2. The van der Waals surface area contributed by atoms with Gasteiger partial charge in [0.05, 0.1) is 20.8 Å². The van der Waals surface area contributed by atoms with E-state index in [1.165, 1.54) is 17.9 Å². The highest BCUT2D eigenvalue weighted by molar-refractivity contribution is 5.92. The summed E-state index contributed by atoms with van der Waals surface area (Å²) in [7, 11) is 2.78. The van der Waals surface area contributed by atoms with Gasteiger partial charge in [0.1, 0.15) is 11.4 Å². The van der Waals surface area contributed by atoms with Gasteiger partial charge in [0.25, 0.3) is 0 Å². The van der Waals surface area contributed by atoms with Crippen LogP contribution in [0.3, 0.4) is 0 Å². The molecule has 21 heavy (non-hydrogen) atoms. The number of esters is 1. The monoisotopic (exact) mass is 290 g/mol. The Kier molecular flexibility index (Phi) is 4.22. The van der Waals surface area contributed by atoms with Crippen LogP contribution in [0.15, 0.2) is 30.3 Å². The molecule has 0 fully saturated rings. The van der Waals surface area contributed by atoms with E-state index in [0.29, 0.717) is 5.75 Å². The summed E-state index contributed by atoms with van der Waals surface area (Å²) >= 11 is 0. The van der Waals surface area contributed by atoms with Gasteiger partial charge in [0, 0.05) is 6.07 Å². The third-order valence-corrected chi connectivity index (χ3v) is 2.89. The van der Waals surface area contributed by atoms with Crippen LogP contribution in [0.4, 0.5) is 0 Å². The number of hydrogen-bond donors (Lipinski definition) is 1. The van der Waals surface area contributed by atoms with Gasteiger partial charge in [0.2, 0.25) is 0 Å². The molecule has 110 valence electrons. The smallest absolute Gasteiger partial charge is 0.358 e. The predicted molar refractivity (Wildman–Crippen MR) is 72.6 cm³/mol. The van der Waals surface area contributed by atoms with Crippen molar-refractivity contribution in [2.45, 2.75) is 6.54 Å². The summed E-state index contributed by atoms with van der Waals surface area (Å²) in [6.45, 7) is 0.225. The molecule has 0 aliphatic carbocycles. The molecule has 7 nitrogen and oxygen atoms in total. The molecule has 2 rings (SSSR count). The van der Waals surface area contributed by atoms with Crippen molar-refractivity contribution in [3.63, 3.8) is 0 Å². The van der Waals surface area contributed by atoms with Gasteiger partial charge in [-0.15, -0.1) is 0 Å². The molecular weight excluding hydrogens is 276 g/mol. The lowest BCUT2D eigenvalue weighted by Crippen LogP contribution is -2.11. The maximum absolute atomic E-state index is 11.4. The average Bonchev–Trinajstić information content (AvgIpc) is 2.91. The second kappa shape index (κ2) is 6.08. The van der Waals surface area contributed by atoms with E-state index in [1.807, 2.05) is 0 Å². The number of carboxylic acid groups (broad SMARTS) is 1. The lowest BCUT2D eigenvalue weighted by Gasteiger charge is -2.06. The summed E-state index contributed by atoms with van der Waals surface area (Å²) in [4.78, 5) is 22.6. The van der Waals surface area contributed by atoms with Gasteiger partial charge in [0.15, 0.2) is 5.69 Å². The maximum Gasteiger partial charge on any atom is 0.358 e. The first kappa shape index (κ1) is 14.6. The summed E-state index contributed by atoms with van der Waals surface area (Å²) in [6, 6.07) is 8.31. The molecule has 0 saturated carbocycles. The van der Waals surface area contributed by atoms with E-state index in [1.54, 1.807) is 31.4 Å². The summed E-state index contributed by atoms with van der Waals surface area (Å²) in [6.07, 6.45) is 0. The molecule has 1 aromatic carbocycles. The molecule has 0 saturated heterocycles. The number of ether oxygens (including phenoxy) is 2. The topological polar surface area (TPSA) is 90.7 Å². The number of carboxylic acids is 1. The molecular formula is C14H14N2O5. The van der Waals surface area contributed by atoms with Crippen LogP contribution < -0.4 is 4.74 Å². The molecule has 0 aliphatic rings. The standard InChI is InChI=1S/C14H14N2O5/c1-20-10-5-3-9(4-6-10)8-16-12(13(17)18)7-11(15-16)14(19)21-2/h3-7H,8H2,1-2H3,(H,17,18). The highest BCUT2D eigenvalue weighted by atomic mass is 16.5. The lowest BCUT2D eigenvalue weighted by atomic mass is 10.2. The van der Waals surface area contributed by atoms with Crippen molar-refractivity contribution in [1.82, 2.24) is 9.78 Å². The Labute approximate surface area is 120 Å².